The Balaban J connectivity index is 1.47. The van der Waals surface area contributed by atoms with E-state index in [2.05, 4.69) is 38.5 Å². The van der Waals surface area contributed by atoms with Crippen molar-refractivity contribution < 1.29 is 9.59 Å². The van der Waals surface area contributed by atoms with Crippen LogP contribution >= 0.6 is 0 Å². The highest BCUT2D eigenvalue weighted by atomic mass is 16.2. The largest absolute Gasteiger partial charge is 0.350 e. The first-order valence-electron chi connectivity index (χ1n) is 11.6. The summed E-state index contributed by atoms with van der Waals surface area (Å²) in [5, 5.41) is 8.71. The quantitative estimate of drug-likeness (QED) is 0.467. The van der Waals surface area contributed by atoms with Crippen molar-refractivity contribution in [3.63, 3.8) is 0 Å². The maximum Gasteiger partial charge on any atom is 0.269 e. The minimum atomic E-state index is -0.0792. The van der Waals surface area contributed by atoms with Gasteiger partial charge in [0.05, 0.1) is 12.7 Å². The molecular weight excluding hydrogens is 442 g/mol. The van der Waals surface area contributed by atoms with Crippen molar-refractivity contribution in [2.45, 2.75) is 19.4 Å². The molecule has 0 bridgehead atoms. The number of benzene rings is 1. The molecule has 0 radical (unpaired) electrons. The monoisotopic (exact) mass is 469 g/mol. The van der Waals surface area contributed by atoms with Gasteiger partial charge in [-0.25, -0.2) is 0 Å². The Morgan fingerprint density at radius 3 is 2.66 bits per heavy atom. The topological polar surface area (TPSA) is 100 Å². The van der Waals surface area contributed by atoms with Crippen LogP contribution in [-0.2, 0) is 11.3 Å². The Morgan fingerprint density at radius 2 is 1.91 bits per heavy atom. The van der Waals surface area contributed by atoms with Crippen molar-refractivity contribution in [1.29, 1.82) is 0 Å². The molecule has 0 aliphatic carbocycles. The zero-order valence-corrected chi connectivity index (χ0v) is 19.8. The number of fused-ring (bicyclic) bond motifs is 1. The maximum atomic E-state index is 12.9. The zero-order valence-electron chi connectivity index (χ0n) is 19.8. The molecule has 0 fully saturated rings. The number of carbonyl (C=O) groups is 2. The summed E-state index contributed by atoms with van der Waals surface area (Å²) < 4.78 is 1.67. The molecule has 1 N–H and O–H groups in total. The molecule has 1 aliphatic rings. The number of hydrogen-bond donors (Lipinski definition) is 1. The number of pyridine rings is 1. The van der Waals surface area contributed by atoms with Crippen LogP contribution in [-0.4, -0.2) is 73.8 Å². The lowest BCUT2D eigenvalue weighted by molar-refractivity contribution is -0.131. The minimum Gasteiger partial charge on any atom is -0.350 e. The van der Waals surface area contributed by atoms with Gasteiger partial charge in [0.25, 0.3) is 5.91 Å². The highest BCUT2D eigenvalue weighted by Gasteiger charge is 2.21. The fraction of sp³-hybridized carbons (Fsp3) is 0.269. The molecule has 1 aliphatic heterocycles. The fourth-order valence-electron chi connectivity index (χ4n) is 4.44. The molecule has 2 amide bonds. The predicted octanol–water partition coefficient (Wildman–Crippen LogP) is 3.23. The highest BCUT2D eigenvalue weighted by Crippen LogP contribution is 2.34. The summed E-state index contributed by atoms with van der Waals surface area (Å²) in [4.78, 5) is 36.4. The second-order valence-electron chi connectivity index (χ2n) is 8.85. The van der Waals surface area contributed by atoms with E-state index in [-0.39, 0.29) is 11.8 Å². The van der Waals surface area contributed by atoms with E-state index in [1.165, 1.54) is 0 Å². The van der Waals surface area contributed by atoms with E-state index < -0.39 is 0 Å². The molecule has 9 nitrogen and oxygen atoms in total. The minimum absolute atomic E-state index is 0.0792. The van der Waals surface area contributed by atoms with E-state index in [1.807, 2.05) is 23.1 Å². The number of aryl methyl sites for hydroxylation is 1. The Hall–Kier alpha value is -4.27. The smallest absolute Gasteiger partial charge is 0.269 e. The van der Waals surface area contributed by atoms with Gasteiger partial charge in [-0.05, 0) is 59.0 Å². The van der Waals surface area contributed by atoms with E-state index in [0.717, 1.165) is 39.6 Å². The van der Waals surface area contributed by atoms with Crippen LogP contribution in [0.4, 0.5) is 0 Å². The van der Waals surface area contributed by atoms with Crippen LogP contribution in [0.15, 0.2) is 61.2 Å². The van der Waals surface area contributed by atoms with Gasteiger partial charge in [0.2, 0.25) is 5.91 Å². The molecule has 0 unspecified atom stereocenters. The van der Waals surface area contributed by atoms with Crippen LogP contribution in [0.25, 0.3) is 27.6 Å². The molecule has 0 saturated carbocycles. The van der Waals surface area contributed by atoms with Crippen molar-refractivity contribution >= 4 is 28.3 Å². The number of rotatable bonds is 6. The average molecular weight is 470 g/mol. The van der Waals surface area contributed by atoms with Crippen LogP contribution in [0, 0.1) is 0 Å². The van der Waals surface area contributed by atoms with Crippen LogP contribution in [0.1, 0.15) is 28.9 Å². The van der Waals surface area contributed by atoms with Crippen LogP contribution < -0.4 is 0 Å². The van der Waals surface area contributed by atoms with Gasteiger partial charge in [-0.15, -0.1) is 5.10 Å². The standard InChI is InChI=1S/C26H27N7O2/c1-31(2)26(35)24-16-22-21(18-5-8-27-9-6-18)14-20(15-23(22)29-24)19-4-3-11-32(17-19)25(34)7-12-33-13-10-28-30-33/h4-6,8-10,13-16,29H,3,7,11-12,17H2,1-2H3. The number of amides is 2. The fourth-order valence-corrected chi connectivity index (χ4v) is 4.44. The molecule has 0 atom stereocenters. The first-order chi connectivity index (χ1) is 17.0. The van der Waals surface area contributed by atoms with Crippen molar-refractivity contribution in [1.82, 2.24) is 34.8 Å². The van der Waals surface area contributed by atoms with Crippen molar-refractivity contribution in [2.24, 2.45) is 0 Å². The van der Waals surface area contributed by atoms with Gasteiger partial charge in [-0.1, -0.05) is 11.3 Å². The Kier molecular flexibility index (Phi) is 6.13. The van der Waals surface area contributed by atoms with Gasteiger partial charge in [0, 0.05) is 63.1 Å². The number of nitrogens with zero attached hydrogens (tertiary/aromatic N) is 6. The average Bonchev–Trinajstić information content (AvgIpc) is 3.56. The van der Waals surface area contributed by atoms with Gasteiger partial charge in [-0.2, -0.15) is 0 Å². The molecular formula is C26H27N7O2. The first kappa shape index (κ1) is 22.5. The Bertz CT molecular complexity index is 1390. The van der Waals surface area contributed by atoms with E-state index >= 15 is 0 Å². The lowest BCUT2D eigenvalue weighted by Crippen LogP contribution is -2.35. The normalized spacial score (nSPS) is 13.7. The number of aromatic nitrogens is 5. The third-order valence-electron chi connectivity index (χ3n) is 6.27. The van der Waals surface area contributed by atoms with E-state index in [9.17, 15) is 9.59 Å². The van der Waals surface area contributed by atoms with Gasteiger partial charge in [-0.3, -0.25) is 19.3 Å². The third kappa shape index (κ3) is 4.70. The molecule has 4 aromatic rings. The van der Waals surface area contributed by atoms with E-state index in [4.69, 9.17) is 0 Å². The van der Waals surface area contributed by atoms with E-state index in [0.29, 0.717) is 31.7 Å². The number of nitrogens with one attached hydrogen (secondary N) is 1. The van der Waals surface area contributed by atoms with Crippen molar-refractivity contribution in [3.8, 4) is 11.1 Å². The Morgan fingerprint density at radius 1 is 1.09 bits per heavy atom. The van der Waals surface area contributed by atoms with Crippen molar-refractivity contribution in [3.05, 3.63) is 72.5 Å². The van der Waals surface area contributed by atoms with Crippen LogP contribution in [0.5, 0.6) is 0 Å². The summed E-state index contributed by atoms with van der Waals surface area (Å²) in [6.07, 6.45) is 10.3. The maximum absolute atomic E-state index is 12.9. The van der Waals surface area contributed by atoms with Gasteiger partial charge in [0.15, 0.2) is 0 Å². The SMILES string of the molecule is CN(C)C(=O)c1cc2c(-c3ccncc3)cc(C3=CCCN(C(=O)CCn4ccnn4)C3)cc2[nH]1. The molecule has 9 heteroatoms. The summed E-state index contributed by atoms with van der Waals surface area (Å²) in [6.45, 7) is 1.75. The highest BCUT2D eigenvalue weighted by molar-refractivity contribution is 6.04. The molecule has 0 saturated heterocycles. The van der Waals surface area contributed by atoms with Crippen LogP contribution in [0.2, 0.25) is 0 Å². The zero-order chi connectivity index (χ0) is 24.4. The first-order valence-corrected chi connectivity index (χ1v) is 11.6. The van der Waals surface area contributed by atoms with Crippen LogP contribution in [0.3, 0.4) is 0 Å². The molecule has 178 valence electrons. The Labute approximate surface area is 203 Å². The molecule has 4 heterocycles. The molecule has 35 heavy (non-hydrogen) atoms. The second kappa shape index (κ2) is 9.54. The lowest BCUT2D eigenvalue weighted by Gasteiger charge is -2.28. The summed E-state index contributed by atoms with van der Waals surface area (Å²) in [5.74, 6) is 0.0183. The van der Waals surface area contributed by atoms with Gasteiger partial charge >= 0.3 is 0 Å². The van der Waals surface area contributed by atoms with E-state index in [1.54, 1.807) is 48.5 Å². The summed E-state index contributed by atoms with van der Waals surface area (Å²) in [6, 6.07) is 10.1. The summed E-state index contributed by atoms with van der Waals surface area (Å²) >= 11 is 0. The number of aromatic amines is 1. The molecule has 0 spiro atoms. The summed E-state index contributed by atoms with van der Waals surface area (Å²) in [7, 11) is 3.48. The molecule has 3 aromatic heterocycles. The predicted molar refractivity (Wildman–Crippen MR) is 133 cm³/mol. The number of H-pyrrole nitrogens is 1. The molecule has 1 aromatic carbocycles. The number of carbonyl (C=O) groups excluding carboxylic acids is 2. The van der Waals surface area contributed by atoms with Gasteiger partial charge < -0.3 is 14.8 Å². The summed E-state index contributed by atoms with van der Waals surface area (Å²) in [5.41, 5.74) is 5.59. The van der Waals surface area contributed by atoms with Crippen molar-refractivity contribution in [2.75, 3.05) is 27.2 Å². The second-order valence-corrected chi connectivity index (χ2v) is 8.85. The lowest BCUT2D eigenvalue weighted by atomic mass is 9.94. The number of hydrogen-bond acceptors (Lipinski definition) is 5. The third-order valence-corrected chi connectivity index (χ3v) is 6.27. The van der Waals surface area contributed by atoms with Gasteiger partial charge in [0.1, 0.15) is 5.69 Å². The molecule has 5 rings (SSSR count).